The second-order valence-electron chi connectivity index (χ2n) is 3.87. The van der Waals surface area contributed by atoms with E-state index in [9.17, 15) is 8.42 Å². The molecule has 1 aliphatic rings. The van der Waals surface area contributed by atoms with E-state index in [0.29, 0.717) is 13.2 Å². The molecule has 1 N–H and O–H groups in total. The molecular weight excluding hydrogens is 319 g/mol. The van der Waals surface area contributed by atoms with Crippen LogP contribution in [0.3, 0.4) is 0 Å². The first kappa shape index (κ1) is 17.9. The Morgan fingerprint density at radius 2 is 2.16 bits per heavy atom. The van der Waals surface area contributed by atoms with Crippen LogP contribution in [0.15, 0.2) is 10.8 Å². The third-order valence-corrected chi connectivity index (χ3v) is 3.81. The van der Waals surface area contributed by atoms with Crippen molar-refractivity contribution in [1.82, 2.24) is 0 Å². The second-order valence-corrected chi connectivity index (χ2v) is 6.18. The van der Waals surface area contributed by atoms with Gasteiger partial charge in [-0.25, -0.2) is 0 Å². The topological polar surface area (TPSA) is 82.1 Å². The van der Waals surface area contributed by atoms with Crippen LogP contribution in [0.4, 0.5) is 0 Å². The maximum absolute atomic E-state index is 10.5. The van der Waals surface area contributed by atoms with E-state index >= 15 is 0 Å². The predicted octanol–water partition coefficient (Wildman–Crippen LogP) is 0.534. The SMILES string of the molecule is O=S(=O)(O)CCCOCC1COc2cscc2O1.[KH]. The quantitative estimate of drug-likeness (QED) is 0.464. The Morgan fingerprint density at radius 3 is 2.89 bits per heavy atom. The van der Waals surface area contributed by atoms with Gasteiger partial charge in [0.1, 0.15) is 6.61 Å². The second kappa shape index (κ2) is 8.30. The summed E-state index contributed by atoms with van der Waals surface area (Å²) in [6.07, 6.45) is 0.0775. The van der Waals surface area contributed by atoms with E-state index in [2.05, 4.69) is 0 Å². The van der Waals surface area contributed by atoms with E-state index in [4.69, 9.17) is 18.8 Å². The molecule has 2 rings (SSSR count). The Kier molecular flexibility index (Phi) is 7.80. The standard InChI is InChI=1S/C10H14O6S2.K.H/c11-18(12,13)3-1-2-14-4-8-5-15-9-6-17-7-10(9)16-8;;/h6-8H,1-5H2,(H,11,12,13);;. The van der Waals surface area contributed by atoms with Gasteiger partial charge in [0.25, 0.3) is 10.1 Å². The first-order chi connectivity index (χ1) is 8.54. The minimum absolute atomic E-state index is 0. The van der Waals surface area contributed by atoms with Crippen molar-refractivity contribution in [1.29, 1.82) is 0 Å². The zero-order chi connectivity index (χ0) is 13.0. The Labute approximate surface area is 158 Å². The molecule has 2 heterocycles. The molecule has 0 saturated heterocycles. The number of rotatable bonds is 6. The third kappa shape index (κ3) is 6.40. The van der Waals surface area contributed by atoms with Crippen molar-refractivity contribution < 1.29 is 27.2 Å². The zero-order valence-corrected chi connectivity index (χ0v) is 11.2. The molecule has 0 bridgehead atoms. The van der Waals surface area contributed by atoms with E-state index in [1.165, 1.54) is 11.3 Å². The summed E-state index contributed by atoms with van der Waals surface area (Å²) in [6, 6.07) is 0. The van der Waals surface area contributed by atoms with Crippen LogP contribution in [0, 0.1) is 0 Å². The van der Waals surface area contributed by atoms with Crippen LogP contribution in [0.25, 0.3) is 0 Å². The summed E-state index contributed by atoms with van der Waals surface area (Å²) in [5, 5.41) is 3.73. The Balaban J connectivity index is 0.00000180. The molecule has 0 amide bonds. The van der Waals surface area contributed by atoms with Gasteiger partial charge in [-0.1, -0.05) is 0 Å². The molecular formula is C10H15KO6S2. The van der Waals surface area contributed by atoms with Crippen molar-refractivity contribution in [3.05, 3.63) is 10.8 Å². The number of hydrogen-bond donors (Lipinski definition) is 1. The summed E-state index contributed by atoms with van der Waals surface area (Å²) in [7, 11) is -3.90. The van der Waals surface area contributed by atoms with Crippen LogP contribution in [-0.4, -0.2) is 96.0 Å². The minimum atomic E-state index is -3.90. The zero-order valence-electron chi connectivity index (χ0n) is 9.57. The van der Waals surface area contributed by atoms with Crippen molar-refractivity contribution in [2.75, 3.05) is 25.6 Å². The van der Waals surface area contributed by atoms with E-state index < -0.39 is 10.1 Å². The third-order valence-electron chi connectivity index (χ3n) is 2.31. The van der Waals surface area contributed by atoms with Gasteiger partial charge in [0.2, 0.25) is 0 Å². The fraction of sp³-hybridized carbons (Fsp3) is 0.600. The summed E-state index contributed by atoms with van der Waals surface area (Å²) in [6.45, 7) is 1.01. The average molecular weight is 334 g/mol. The molecule has 19 heavy (non-hydrogen) atoms. The van der Waals surface area contributed by atoms with Crippen molar-refractivity contribution >= 4 is 72.8 Å². The first-order valence-electron chi connectivity index (χ1n) is 5.43. The molecule has 1 unspecified atom stereocenters. The summed E-state index contributed by atoms with van der Waals surface area (Å²) < 4.78 is 45.8. The van der Waals surface area contributed by atoms with Crippen LogP contribution >= 0.6 is 11.3 Å². The molecule has 0 fully saturated rings. The molecule has 0 radical (unpaired) electrons. The molecule has 9 heteroatoms. The summed E-state index contributed by atoms with van der Waals surface area (Å²) in [5.74, 6) is 1.18. The molecule has 104 valence electrons. The van der Waals surface area contributed by atoms with Gasteiger partial charge < -0.3 is 14.2 Å². The monoisotopic (exact) mass is 334 g/mol. The van der Waals surface area contributed by atoms with Gasteiger partial charge >= 0.3 is 51.4 Å². The van der Waals surface area contributed by atoms with Crippen LogP contribution < -0.4 is 9.47 Å². The van der Waals surface area contributed by atoms with Crippen molar-refractivity contribution in [3.63, 3.8) is 0 Å². The Hall–Kier alpha value is 0.806. The number of ether oxygens (including phenoxy) is 3. The van der Waals surface area contributed by atoms with Gasteiger partial charge in [-0.15, -0.1) is 11.3 Å². The molecule has 0 aromatic carbocycles. The number of fused-ring (bicyclic) bond motifs is 1. The molecule has 0 aliphatic carbocycles. The van der Waals surface area contributed by atoms with E-state index in [0.717, 1.165) is 11.5 Å². The van der Waals surface area contributed by atoms with Gasteiger partial charge in [0.15, 0.2) is 17.6 Å². The van der Waals surface area contributed by atoms with Crippen LogP contribution in [0.5, 0.6) is 11.5 Å². The molecule has 6 nitrogen and oxygen atoms in total. The van der Waals surface area contributed by atoms with Gasteiger partial charge in [-0.05, 0) is 6.42 Å². The van der Waals surface area contributed by atoms with E-state index in [1.54, 1.807) is 0 Å². The Bertz CT molecular complexity index is 486. The summed E-state index contributed by atoms with van der Waals surface area (Å²) in [4.78, 5) is 0. The maximum atomic E-state index is 10.5. The number of thiophene rings is 1. The van der Waals surface area contributed by atoms with Crippen LogP contribution in [0.1, 0.15) is 6.42 Å². The van der Waals surface area contributed by atoms with Gasteiger partial charge in [-0.3, -0.25) is 4.55 Å². The number of hydrogen-bond acceptors (Lipinski definition) is 6. The normalized spacial score (nSPS) is 17.8. The fourth-order valence-electron chi connectivity index (χ4n) is 1.50. The molecule has 1 aromatic heterocycles. The fourth-order valence-corrected chi connectivity index (χ4v) is 2.66. The molecule has 1 aromatic rings. The predicted molar refractivity (Wildman–Crippen MR) is 73.2 cm³/mol. The summed E-state index contributed by atoms with van der Waals surface area (Å²) >= 11 is 1.51. The summed E-state index contributed by atoms with van der Waals surface area (Å²) in [5.41, 5.74) is 0. The van der Waals surface area contributed by atoms with Crippen LogP contribution in [0.2, 0.25) is 0 Å². The molecule has 0 saturated carbocycles. The Morgan fingerprint density at radius 1 is 1.42 bits per heavy atom. The molecule has 0 spiro atoms. The molecule has 1 aliphatic heterocycles. The first-order valence-corrected chi connectivity index (χ1v) is 7.98. The van der Waals surface area contributed by atoms with Crippen molar-refractivity contribution in [2.24, 2.45) is 0 Å². The van der Waals surface area contributed by atoms with Crippen molar-refractivity contribution in [3.8, 4) is 11.5 Å². The van der Waals surface area contributed by atoms with Crippen molar-refractivity contribution in [2.45, 2.75) is 12.5 Å². The van der Waals surface area contributed by atoms with Gasteiger partial charge in [0.05, 0.1) is 12.4 Å². The van der Waals surface area contributed by atoms with Crippen LogP contribution in [-0.2, 0) is 14.9 Å². The van der Waals surface area contributed by atoms with E-state index in [1.807, 2.05) is 10.8 Å². The van der Waals surface area contributed by atoms with Gasteiger partial charge in [0, 0.05) is 17.4 Å². The van der Waals surface area contributed by atoms with Gasteiger partial charge in [-0.2, -0.15) is 8.42 Å². The average Bonchev–Trinajstić information content (AvgIpc) is 2.74. The van der Waals surface area contributed by atoms with E-state index in [-0.39, 0.29) is 76.3 Å². The molecule has 1 atom stereocenters.